The van der Waals surface area contributed by atoms with E-state index in [2.05, 4.69) is 0 Å². The van der Waals surface area contributed by atoms with E-state index in [-0.39, 0.29) is 37.7 Å². The number of nitrogens with zero attached hydrogens (tertiary/aromatic N) is 3. The Hall–Kier alpha value is -4.86. The molecule has 4 atom stereocenters. The molecule has 6 rings (SSSR count). The van der Waals surface area contributed by atoms with Gasteiger partial charge in [-0.1, -0.05) is 60.7 Å². The molecule has 3 heterocycles. The fourth-order valence-electron chi connectivity index (χ4n) is 6.66. The molecule has 46 heavy (non-hydrogen) atoms. The molecule has 0 aliphatic carbocycles. The van der Waals surface area contributed by atoms with Crippen molar-refractivity contribution in [1.29, 1.82) is 0 Å². The van der Waals surface area contributed by atoms with Crippen molar-refractivity contribution < 1.29 is 33.4 Å². The molecule has 0 unspecified atom stereocenters. The third-order valence-corrected chi connectivity index (χ3v) is 8.73. The molecular formula is C36H39N3O7. The molecular weight excluding hydrogens is 586 g/mol. The molecule has 0 aromatic heterocycles. The molecule has 3 aromatic carbocycles. The molecule has 0 N–H and O–H groups in total. The number of para-hydroxylation sites is 2. The summed E-state index contributed by atoms with van der Waals surface area (Å²) in [6, 6.07) is 21.6. The van der Waals surface area contributed by atoms with Crippen LogP contribution in [0.4, 0.5) is 10.5 Å². The van der Waals surface area contributed by atoms with Crippen LogP contribution in [0, 0.1) is 0 Å². The van der Waals surface area contributed by atoms with Crippen molar-refractivity contribution in [2.45, 2.75) is 76.4 Å². The maximum absolute atomic E-state index is 14.6. The molecule has 1 saturated heterocycles. The van der Waals surface area contributed by atoms with Crippen LogP contribution >= 0.6 is 0 Å². The highest BCUT2D eigenvalue weighted by Crippen LogP contribution is 2.37. The number of methoxy groups -OCH3 is 1. The van der Waals surface area contributed by atoms with Gasteiger partial charge >= 0.3 is 12.1 Å². The second-order valence-electron chi connectivity index (χ2n) is 13.0. The van der Waals surface area contributed by atoms with Crippen LogP contribution in [0.25, 0.3) is 0 Å². The topological polar surface area (TPSA) is 106 Å². The van der Waals surface area contributed by atoms with Crippen LogP contribution in [-0.4, -0.2) is 77.2 Å². The number of benzene rings is 3. The van der Waals surface area contributed by atoms with Gasteiger partial charge < -0.3 is 24.0 Å². The lowest BCUT2D eigenvalue weighted by Gasteiger charge is -2.38. The van der Waals surface area contributed by atoms with Crippen LogP contribution in [-0.2, 0) is 43.2 Å². The average Bonchev–Trinajstić information content (AvgIpc) is 3.65. The van der Waals surface area contributed by atoms with Gasteiger partial charge in [-0.2, -0.15) is 0 Å². The van der Waals surface area contributed by atoms with E-state index in [0.29, 0.717) is 17.9 Å². The fraction of sp³-hybridized carbons (Fsp3) is 0.389. The zero-order chi connectivity index (χ0) is 32.6. The van der Waals surface area contributed by atoms with Gasteiger partial charge in [0.05, 0.1) is 19.3 Å². The molecule has 240 valence electrons. The molecule has 3 aromatic rings. The van der Waals surface area contributed by atoms with Gasteiger partial charge in [0, 0.05) is 25.8 Å². The first kappa shape index (κ1) is 31.1. The average molecular weight is 626 g/mol. The Bertz CT molecular complexity index is 1640. The number of fused-ring (bicyclic) bond motifs is 2. The quantitative estimate of drug-likeness (QED) is 0.384. The molecule has 1 fully saturated rings. The van der Waals surface area contributed by atoms with E-state index in [0.717, 1.165) is 16.7 Å². The number of amides is 3. The zero-order valence-electron chi connectivity index (χ0n) is 26.5. The van der Waals surface area contributed by atoms with Gasteiger partial charge in [-0.25, -0.2) is 9.59 Å². The Labute approximate surface area is 268 Å². The molecule has 0 saturated carbocycles. The highest BCUT2D eigenvalue weighted by molar-refractivity contribution is 6.02. The lowest BCUT2D eigenvalue weighted by atomic mass is 9.93. The lowest BCUT2D eigenvalue weighted by Crippen LogP contribution is -2.58. The minimum absolute atomic E-state index is 0.131. The Morgan fingerprint density at radius 1 is 0.717 bits per heavy atom. The molecule has 0 bridgehead atoms. The van der Waals surface area contributed by atoms with Crippen molar-refractivity contribution in [3.63, 3.8) is 0 Å². The minimum atomic E-state index is -0.928. The van der Waals surface area contributed by atoms with E-state index in [1.165, 1.54) is 21.8 Å². The van der Waals surface area contributed by atoms with E-state index < -0.39 is 41.9 Å². The van der Waals surface area contributed by atoms with E-state index in [1.54, 1.807) is 26.8 Å². The maximum Gasteiger partial charge on any atom is 0.415 e. The molecule has 3 aliphatic rings. The number of anilines is 1. The van der Waals surface area contributed by atoms with Crippen LogP contribution in [0.5, 0.6) is 5.75 Å². The molecule has 10 heteroatoms. The fourth-order valence-corrected chi connectivity index (χ4v) is 6.66. The minimum Gasteiger partial charge on any atom is -0.488 e. The first-order valence-electron chi connectivity index (χ1n) is 15.6. The van der Waals surface area contributed by atoms with Crippen molar-refractivity contribution >= 4 is 29.6 Å². The first-order chi connectivity index (χ1) is 22.0. The van der Waals surface area contributed by atoms with Gasteiger partial charge in [0.25, 0.3) is 0 Å². The van der Waals surface area contributed by atoms with Gasteiger partial charge in [0.1, 0.15) is 35.6 Å². The smallest absolute Gasteiger partial charge is 0.415 e. The number of hydrogen-bond donors (Lipinski definition) is 0. The summed E-state index contributed by atoms with van der Waals surface area (Å²) in [4.78, 5) is 60.2. The molecule has 3 aliphatic heterocycles. The molecule has 0 spiro atoms. The largest absolute Gasteiger partial charge is 0.488 e. The number of likely N-dealkylation sites (tertiary alicyclic amines) is 1. The molecule has 0 radical (unpaired) electrons. The number of hydrogen-bond acceptors (Lipinski definition) is 7. The van der Waals surface area contributed by atoms with Crippen LogP contribution in [0.15, 0.2) is 78.9 Å². The van der Waals surface area contributed by atoms with Gasteiger partial charge in [-0.3, -0.25) is 14.5 Å². The molecule has 10 nitrogen and oxygen atoms in total. The summed E-state index contributed by atoms with van der Waals surface area (Å²) >= 11 is 0. The number of carbonyl (C=O) groups is 4. The number of ether oxygens (including phenoxy) is 3. The summed E-state index contributed by atoms with van der Waals surface area (Å²) in [7, 11) is 1.31. The predicted octanol–water partition coefficient (Wildman–Crippen LogP) is 4.53. The van der Waals surface area contributed by atoms with Crippen LogP contribution in [0.2, 0.25) is 0 Å². The third-order valence-electron chi connectivity index (χ3n) is 8.73. The van der Waals surface area contributed by atoms with E-state index in [4.69, 9.17) is 14.2 Å². The van der Waals surface area contributed by atoms with E-state index in [1.807, 2.05) is 72.8 Å². The Morgan fingerprint density at radius 2 is 1.33 bits per heavy atom. The molecule has 3 amide bonds. The van der Waals surface area contributed by atoms with Crippen molar-refractivity contribution in [2.75, 3.05) is 18.6 Å². The van der Waals surface area contributed by atoms with Crippen LogP contribution in [0.3, 0.4) is 0 Å². The summed E-state index contributed by atoms with van der Waals surface area (Å²) in [6.45, 7) is 5.67. The summed E-state index contributed by atoms with van der Waals surface area (Å²) in [5.74, 6) is -0.641. The summed E-state index contributed by atoms with van der Waals surface area (Å²) in [5, 5.41) is 0. The second-order valence-corrected chi connectivity index (χ2v) is 13.0. The van der Waals surface area contributed by atoms with E-state index >= 15 is 0 Å². The standard InChI is InChI=1S/C36H39N3O7/c1-36(2,3)46-35(43)39-28-17-11-10-13-24(28)19-30(39)33(41)38-22-27(45-26-15-6-5-7-16-26)20-29(38)32(40)37-21-25-14-9-8-12-23(25)18-31(37)34(42)44-4/h5-17,27,29-31H,18-22H2,1-4H3/t27-,29-,30-,31-/m1/s1. The normalized spacial score (nSPS) is 22.1. The predicted molar refractivity (Wildman–Crippen MR) is 170 cm³/mol. The summed E-state index contributed by atoms with van der Waals surface area (Å²) in [6.07, 6.45) is -0.320. The number of rotatable bonds is 5. The van der Waals surface area contributed by atoms with Crippen LogP contribution < -0.4 is 9.64 Å². The number of esters is 1. The second kappa shape index (κ2) is 12.5. The van der Waals surface area contributed by atoms with Gasteiger partial charge in [-0.15, -0.1) is 0 Å². The lowest BCUT2D eigenvalue weighted by molar-refractivity contribution is -0.157. The Morgan fingerprint density at radius 3 is 2.02 bits per heavy atom. The van der Waals surface area contributed by atoms with E-state index in [9.17, 15) is 19.2 Å². The number of carbonyl (C=O) groups excluding carboxylic acids is 4. The summed E-state index contributed by atoms with van der Waals surface area (Å²) < 4.78 is 17.1. The van der Waals surface area contributed by atoms with Crippen molar-refractivity contribution in [2.24, 2.45) is 0 Å². The zero-order valence-corrected chi connectivity index (χ0v) is 26.5. The maximum atomic E-state index is 14.6. The Kier molecular flexibility index (Phi) is 8.46. The third kappa shape index (κ3) is 6.16. The van der Waals surface area contributed by atoms with Crippen LogP contribution in [0.1, 0.15) is 43.9 Å². The van der Waals surface area contributed by atoms with Gasteiger partial charge in [-0.05, 0) is 55.7 Å². The Balaban J connectivity index is 1.34. The highest BCUT2D eigenvalue weighted by Gasteiger charge is 2.50. The van der Waals surface area contributed by atoms with Crippen molar-refractivity contribution in [3.05, 3.63) is 95.6 Å². The highest BCUT2D eigenvalue weighted by atomic mass is 16.6. The monoisotopic (exact) mass is 625 g/mol. The van der Waals surface area contributed by atoms with Gasteiger partial charge in [0.2, 0.25) is 11.8 Å². The van der Waals surface area contributed by atoms with Gasteiger partial charge in [0.15, 0.2) is 0 Å². The first-order valence-corrected chi connectivity index (χ1v) is 15.6. The van der Waals surface area contributed by atoms with Crippen molar-refractivity contribution in [3.8, 4) is 5.75 Å². The summed E-state index contributed by atoms with van der Waals surface area (Å²) in [5.41, 5.74) is 2.57. The van der Waals surface area contributed by atoms with Crippen molar-refractivity contribution in [1.82, 2.24) is 9.80 Å². The SMILES string of the molecule is COC(=O)[C@H]1Cc2ccccc2CN1C(=O)[C@H]1C[C@@H](Oc2ccccc2)CN1C(=O)[C@H]1Cc2ccccc2N1C(=O)OC(C)(C)C.